The predicted molar refractivity (Wildman–Crippen MR) is 203 cm³/mol. The summed E-state index contributed by atoms with van der Waals surface area (Å²) >= 11 is 0. The van der Waals surface area contributed by atoms with Gasteiger partial charge in [0.1, 0.15) is 5.58 Å². The molecule has 0 bridgehead atoms. The Morgan fingerprint density at radius 3 is 1.46 bits per heavy atom. The van der Waals surface area contributed by atoms with Crippen LogP contribution in [0.2, 0.25) is 0 Å². The van der Waals surface area contributed by atoms with Gasteiger partial charge < -0.3 is 20.0 Å². The van der Waals surface area contributed by atoms with Gasteiger partial charge in [0.15, 0.2) is 5.58 Å². The van der Waals surface area contributed by atoms with E-state index in [0.29, 0.717) is 0 Å². The molecule has 0 spiro atoms. The van der Waals surface area contributed by atoms with Gasteiger partial charge in [-0.2, -0.15) is 0 Å². The molecule has 8 aromatic carbocycles. The Kier molecular flexibility index (Phi) is 6.58. The van der Waals surface area contributed by atoms with Crippen LogP contribution in [-0.4, -0.2) is 0 Å². The Balaban J connectivity index is 1.42. The molecule has 4 heteroatoms. The van der Waals surface area contributed by atoms with E-state index < -0.39 is 0 Å². The van der Waals surface area contributed by atoms with E-state index in [-0.39, 0.29) is 0 Å². The first-order valence-corrected chi connectivity index (χ1v) is 16.2. The molecule has 1 heterocycles. The van der Waals surface area contributed by atoms with Crippen molar-refractivity contribution < 1.29 is 4.42 Å². The van der Waals surface area contributed by atoms with Crippen molar-refractivity contribution in [2.24, 2.45) is 0 Å². The third kappa shape index (κ3) is 4.54. The van der Waals surface area contributed by atoms with E-state index in [1.165, 1.54) is 0 Å². The van der Waals surface area contributed by atoms with Crippen LogP contribution in [0.25, 0.3) is 43.5 Å². The minimum Gasteiger partial charge on any atom is -0.453 e. The van der Waals surface area contributed by atoms with Crippen molar-refractivity contribution in [2.75, 3.05) is 15.5 Å². The number of fused-ring (bicyclic) bond motifs is 7. The molecule has 9 aromatic rings. The highest BCUT2D eigenvalue weighted by molar-refractivity contribution is 6.28. The zero-order chi connectivity index (χ0) is 32.0. The molecule has 0 fully saturated rings. The number of hydrogen-bond donors (Lipinski definition) is 1. The minimum atomic E-state index is 0.722. The fourth-order valence-corrected chi connectivity index (χ4v) is 6.97. The summed E-state index contributed by atoms with van der Waals surface area (Å²) < 4.78 is 7.11. The molecule has 0 aliphatic rings. The number of nitrogens with two attached hydrogens (primary N) is 1. The summed E-state index contributed by atoms with van der Waals surface area (Å²) in [7, 11) is 0. The molecule has 9 rings (SSSR count). The van der Waals surface area contributed by atoms with Gasteiger partial charge in [-0.1, -0.05) is 103 Å². The van der Waals surface area contributed by atoms with E-state index in [1.807, 2.05) is 18.2 Å². The van der Waals surface area contributed by atoms with Crippen molar-refractivity contribution in [3.05, 3.63) is 176 Å². The second-order valence-corrected chi connectivity index (χ2v) is 12.0. The van der Waals surface area contributed by atoms with Crippen LogP contribution in [0, 0.1) is 0 Å². The molecule has 48 heavy (non-hydrogen) atoms. The van der Waals surface area contributed by atoms with E-state index in [0.717, 1.165) is 83.3 Å². The van der Waals surface area contributed by atoms with Gasteiger partial charge in [0.2, 0.25) is 0 Å². The highest BCUT2D eigenvalue weighted by atomic mass is 16.3. The maximum atomic E-state index is 7.11. The van der Waals surface area contributed by atoms with Crippen LogP contribution in [0.15, 0.2) is 180 Å². The lowest BCUT2D eigenvalue weighted by Crippen LogP contribution is -2.10. The van der Waals surface area contributed by atoms with Crippen molar-refractivity contribution in [3.8, 4) is 0 Å². The van der Waals surface area contributed by atoms with Crippen molar-refractivity contribution in [1.29, 1.82) is 0 Å². The average Bonchev–Trinajstić information content (AvgIpc) is 3.54. The normalized spacial score (nSPS) is 11.4. The number of para-hydroxylation sites is 3. The molecule has 0 atom stereocenters. The number of hydrogen-bond acceptors (Lipinski definition) is 4. The summed E-state index contributed by atoms with van der Waals surface area (Å²) in [6.07, 6.45) is 0. The maximum Gasteiger partial charge on any atom is 0.160 e. The molecule has 228 valence electrons. The van der Waals surface area contributed by atoms with Crippen LogP contribution in [0.4, 0.5) is 39.8 Å². The van der Waals surface area contributed by atoms with Crippen LogP contribution in [-0.2, 0) is 0 Å². The average molecular weight is 618 g/mol. The zero-order valence-electron chi connectivity index (χ0n) is 26.1. The van der Waals surface area contributed by atoms with Gasteiger partial charge >= 0.3 is 0 Å². The van der Waals surface area contributed by atoms with Gasteiger partial charge in [-0.3, -0.25) is 0 Å². The molecule has 0 saturated heterocycles. The van der Waals surface area contributed by atoms with Gasteiger partial charge in [0.05, 0.1) is 11.4 Å². The van der Waals surface area contributed by atoms with Gasteiger partial charge in [-0.05, 0) is 83.6 Å². The summed E-state index contributed by atoms with van der Waals surface area (Å²) in [5.41, 5.74) is 14.8. The number of nitrogens with zero attached hydrogens (tertiary/aromatic N) is 2. The quantitative estimate of drug-likeness (QED) is 0.189. The van der Waals surface area contributed by atoms with Crippen molar-refractivity contribution in [3.63, 3.8) is 0 Å². The van der Waals surface area contributed by atoms with Crippen molar-refractivity contribution in [2.45, 2.75) is 0 Å². The highest BCUT2D eigenvalue weighted by Crippen LogP contribution is 2.49. The first kappa shape index (κ1) is 27.8. The summed E-state index contributed by atoms with van der Waals surface area (Å²) in [6.45, 7) is 0. The van der Waals surface area contributed by atoms with Gasteiger partial charge in [-0.25, -0.2) is 0 Å². The third-order valence-electron chi connectivity index (χ3n) is 9.11. The van der Waals surface area contributed by atoms with Gasteiger partial charge in [-0.15, -0.1) is 0 Å². The molecule has 0 radical (unpaired) electrons. The molecular weight excluding hydrogens is 587 g/mol. The van der Waals surface area contributed by atoms with Crippen molar-refractivity contribution >= 4 is 83.3 Å². The summed E-state index contributed by atoms with van der Waals surface area (Å²) in [5, 5.41) is 6.61. The van der Waals surface area contributed by atoms with Crippen LogP contribution >= 0.6 is 0 Å². The lowest BCUT2D eigenvalue weighted by atomic mass is 9.98. The molecule has 4 nitrogen and oxygen atoms in total. The molecule has 2 N–H and O–H groups in total. The van der Waals surface area contributed by atoms with Crippen LogP contribution in [0.3, 0.4) is 0 Å². The molecule has 0 aliphatic heterocycles. The smallest absolute Gasteiger partial charge is 0.160 e. The number of rotatable bonds is 6. The fraction of sp³-hybridized carbons (Fsp3) is 0. The number of furan rings is 1. The SMILES string of the molecule is Nc1ccc(N(c2ccccc2)c2cc3ccccc3c3c2oc2c4ccccc4c(N(c4ccccc4)c4ccccc4)cc23)cc1. The lowest BCUT2D eigenvalue weighted by molar-refractivity contribution is 0.673. The maximum absolute atomic E-state index is 7.11. The van der Waals surface area contributed by atoms with E-state index in [4.69, 9.17) is 10.2 Å². The molecular formula is C44H31N3O. The van der Waals surface area contributed by atoms with E-state index in [1.54, 1.807) is 0 Å². The Morgan fingerprint density at radius 2 is 0.854 bits per heavy atom. The lowest BCUT2D eigenvalue weighted by Gasteiger charge is -2.27. The first-order chi connectivity index (χ1) is 23.7. The summed E-state index contributed by atoms with van der Waals surface area (Å²) in [4.78, 5) is 4.61. The van der Waals surface area contributed by atoms with Crippen LogP contribution < -0.4 is 15.5 Å². The highest BCUT2D eigenvalue weighted by Gasteiger charge is 2.25. The second kappa shape index (κ2) is 11.4. The number of benzene rings is 8. The van der Waals surface area contributed by atoms with Gasteiger partial charge in [0.25, 0.3) is 0 Å². The molecule has 0 aliphatic carbocycles. The molecule has 0 amide bonds. The monoisotopic (exact) mass is 617 g/mol. The van der Waals surface area contributed by atoms with Crippen LogP contribution in [0.1, 0.15) is 0 Å². The number of nitrogen functional groups attached to an aromatic ring is 1. The second-order valence-electron chi connectivity index (χ2n) is 12.0. The molecule has 0 saturated carbocycles. The van der Waals surface area contributed by atoms with E-state index in [9.17, 15) is 0 Å². The van der Waals surface area contributed by atoms with Crippen molar-refractivity contribution in [1.82, 2.24) is 0 Å². The van der Waals surface area contributed by atoms with E-state index in [2.05, 4.69) is 168 Å². The van der Waals surface area contributed by atoms with Crippen LogP contribution in [0.5, 0.6) is 0 Å². The zero-order valence-corrected chi connectivity index (χ0v) is 26.1. The third-order valence-corrected chi connectivity index (χ3v) is 9.11. The molecule has 1 aromatic heterocycles. The Labute approximate surface area is 278 Å². The Hall–Kier alpha value is -6.52. The summed E-state index contributed by atoms with van der Waals surface area (Å²) in [5.74, 6) is 0. The summed E-state index contributed by atoms with van der Waals surface area (Å²) in [6, 6.07) is 61.3. The Bertz CT molecular complexity index is 2520. The standard InChI is InChI=1S/C44H31N3O/c45-31-24-26-35(27-25-31)47(34-19-8-3-9-20-34)41-28-30-14-10-11-21-36(30)42-39-29-40(37-22-12-13-23-38(37)43(39)48-44(41)42)46(32-15-4-1-5-16-32)33-17-6-2-7-18-33/h1-29H,45H2. The van der Waals surface area contributed by atoms with E-state index >= 15 is 0 Å². The van der Waals surface area contributed by atoms with Gasteiger partial charge in [0, 0.05) is 50.0 Å². The Morgan fingerprint density at radius 1 is 0.375 bits per heavy atom. The minimum absolute atomic E-state index is 0.722. The fourth-order valence-electron chi connectivity index (χ4n) is 6.97. The predicted octanol–water partition coefficient (Wildman–Crippen LogP) is 12.4. The largest absolute Gasteiger partial charge is 0.453 e. The number of anilines is 7. The topological polar surface area (TPSA) is 45.6 Å². The first-order valence-electron chi connectivity index (χ1n) is 16.2. The molecule has 0 unspecified atom stereocenters.